The fraction of sp³-hybridized carbons (Fsp3) is 0.286. The van der Waals surface area contributed by atoms with Crippen LogP contribution in [-0.2, 0) is 0 Å². The van der Waals surface area contributed by atoms with Gasteiger partial charge in [-0.1, -0.05) is 36.9 Å². The Morgan fingerprint density at radius 1 is 1.46 bits per heavy atom. The Balaban J connectivity index is 2.19. The van der Waals surface area contributed by atoms with Gasteiger partial charge in [-0.05, 0) is 44.4 Å². The molecule has 2 heterocycles. The SMILES string of the molecule is C=C/C(=C/C=C\C)c1ccc(C(C)O)c(-n2nc(C#N)cc2C2CC2)n1. The molecule has 1 saturated carbocycles. The summed E-state index contributed by atoms with van der Waals surface area (Å²) in [6, 6.07) is 7.66. The molecule has 5 heteroatoms. The topological polar surface area (TPSA) is 74.7 Å². The average molecular weight is 346 g/mol. The largest absolute Gasteiger partial charge is 0.389 e. The summed E-state index contributed by atoms with van der Waals surface area (Å²) in [5.74, 6) is 0.962. The third-order valence-electron chi connectivity index (χ3n) is 4.39. The molecule has 0 spiro atoms. The highest BCUT2D eigenvalue weighted by Crippen LogP contribution is 2.41. The Kier molecular flexibility index (Phi) is 5.15. The minimum atomic E-state index is -0.694. The van der Waals surface area contributed by atoms with Crippen LogP contribution in [0.4, 0.5) is 0 Å². The number of nitriles is 1. The number of hydrogen-bond donors (Lipinski definition) is 1. The van der Waals surface area contributed by atoms with Crippen LogP contribution in [-0.4, -0.2) is 19.9 Å². The molecule has 5 nitrogen and oxygen atoms in total. The Bertz CT molecular complexity index is 924. The summed E-state index contributed by atoms with van der Waals surface area (Å²) in [5, 5.41) is 23.9. The van der Waals surface area contributed by atoms with Crippen LogP contribution in [0.5, 0.6) is 0 Å². The molecule has 132 valence electrons. The third-order valence-corrected chi connectivity index (χ3v) is 4.39. The van der Waals surface area contributed by atoms with E-state index >= 15 is 0 Å². The van der Waals surface area contributed by atoms with E-state index in [0.717, 1.165) is 29.8 Å². The molecule has 0 aliphatic heterocycles. The highest BCUT2D eigenvalue weighted by Gasteiger charge is 2.30. The molecular formula is C21H22N4O. The molecule has 1 N–H and O–H groups in total. The molecule has 2 aromatic rings. The van der Waals surface area contributed by atoms with Crippen LogP contribution in [0, 0.1) is 11.3 Å². The molecule has 3 rings (SSSR count). The van der Waals surface area contributed by atoms with Crippen molar-refractivity contribution in [2.75, 3.05) is 0 Å². The first-order valence-corrected chi connectivity index (χ1v) is 8.74. The van der Waals surface area contributed by atoms with Gasteiger partial charge in [0.15, 0.2) is 11.5 Å². The summed E-state index contributed by atoms with van der Waals surface area (Å²) in [6.45, 7) is 7.52. The van der Waals surface area contributed by atoms with Crippen molar-refractivity contribution in [1.29, 1.82) is 5.26 Å². The Morgan fingerprint density at radius 3 is 2.81 bits per heavy atom. The first-order valence-electron chi connectivity index (χ1n) is 8.74. The molecular weight excluding hydrogens is 324 g/mol. The molecule has 0 aromatic carbocycles. The minimum absolute atomic E-state index is 0.365. The molecule has 0 radical (unpaired) electrons. The molecule has 1 fully saturated rings. The predicted molar refractivity (Wildman–Crippen MR) is 102 cm³/mol. The zero-order valence-corrected chi connectivity index (χ0v) is 15.1. The van der Waals surface area contributed by atoms with Gasteiger partial charge in [-0.25, -0.2) is 9.67 Å². The van der Waals surface area contributed by atoms with Gasteiger partial charge in [0.25, 0.3) is 0 Å². The van der Waals surface area contributed by atoms with Gasteiger partial charge in [0.05, 0.1) is 17.5 Å². The van der Waals surface area contributed by atoms with Crippen LogP contribution >= 0.6 is 0 Å². The zero-order valence-electron chi connectivity index (χ0n) is 15.1. The van der Waals surface area contributed by atoms with E-state index < -0.39 is 6.10 Å². The number of aromatic nitrogens is 3. The fourth-order valence-corrected chi connectivity index (χ4v) is 2.86. The van der Waals surface area contributed by atoms with Crippen molar-refractivity contribution >= 4 is 5.57 Å². The standard InChI is InChI=1S/C21H22N4O/c1-4-6-7-15(5-2)19-11-10-18(14(3)26)21(23-19)25-20(16-8-9-16)12-17(13-22)24-25/h4-7,10-12,14,16,26H,2,8-9H2,1,3H3/b6-4-,15-7-. The van der Waals surface area contributed by atoms with Crippen molar-refractivity contribution in [2.24, 2.45) is 0 Å². The average Bonchev–Trinajstić information content (AvgIpc) is 3.40. The summed E-state index contributed by atoms with van der Waals surface area (Å²) in [6.07, 6.45) is 9.02. The van der Waals surface area contributed by atoms with Crippen molar-refractivity contribution in [3.05, 3.63) is 71.7 Å². The van der Waals surface area contributed by atoms with E-state index in [1.165, 1.54) is 0 Å². The second-order valence-electron chi connectivity index (χ2n) is 6.39. The molecule has 0 amide bonds. The van der Waals surface area contributed by atoms with E-state index in [2.05, 4.69) is 17.7 Å². The third kappa shape index (κ3) is 3.51. The molecule has 1 unspecified atom stereocenters. The van der Waals surface area contributed by atoms with Crippen LogP contribution in [0.25, 0.3) is 11.4 Å². The van der Waals surface area contributed by atoms with E-state index in [-0.39, 0.29) is 0 Å². The lowest BCUT2D eigenvalue weighted by Crippen LogP contribution is -2.11. The number of allylic oxidation sites excluding steroid dienone is 5. The van der Waals surface area contributed by atoms with E-state index in [9.17, 15) is 10.4 Å². The molecule has 2 aromatic heterocycles. The van der Waals surface area contributed by atoms with Crippen molar-refractivity contribution in [2.45, 2.75) is 38.7 Å². The predicted octanol–water partition coefficient (Wildman–Crippen LogP) is 4.22. The van der Waals surface area contributed by atoms with Gasteiger partial charge >= 0.3 is 0 Å². The first kappa shape index (κ1) is 17.8. The number of aliphatic hydroxyl groups is 1. The molecule has 26 heavy (non-hydrogen) atoms. The second-order valence-corrected chi connectivity index (χ2v) is 6.39. The number of nitrogens with zero attached hydrogens (tertiary/aromatic N) is 4. The van der Waals surface area contributed by atoms with Crippen LogP contribution in [0.15, 0.2) is 49.1 Å². The highest BCUT2D eigenvalue weighted by atomic mass is 16.3. The lowest BCUT2D eigenvalue weighted by atomic mass is 10.1. The van der Waals surface area contributed by atoms with Crippen molar-refractivity contribution in [1.82, 2.24) is 14.8 Å². The maximum atomic E-state index is 10.2. The maximum Gasteiger partial charge on any atom is 0.163 e. The maximum absolute atomic E-state index is 10.2. The highest BCUT2D eigenvalue weighted by molar-refractivity contribution is 5.73. The molecule has 1 aliphatic carbocycles. The van der Waals surface area contributed by atoms with Gasteiger partial charge < -0.3 is 5.11 Å². The van der Waals surface area contributed by atoms with Gasteiger partial charge in [-0.2, -0.15) is 10.4 Å². The Hall–Kier alpha value is -2.97. The van der Waals surface area contributed by atoms with E-state index in [4.69, 9.17) is 4.98 Å². The van der Waals surface area contributed by atoms with E-state index in [0.29, 0.717) is 23.0 Å². The van der Waals surface area contributed by atoms with Crippen LogP contribution in [0.2, 0.25) is 0 Å². The molecule has 0 saturated heterocycles. The van der Waals surface area contributed by atoms with Crippen LogP contribution < -0.4 is 0 Å². The van der Waals surface area contributed by atoms with Crippen molar-refractivity contribution in [3.8, 4) is 11.9 Å². The van der Waals surface area contributed by atoms with Gasteiger partial charge in [0.1, 0.15) is 6.07 Å². The van der Waals surface area contributed by atoms with Gasteiger partial charge in [-0.3, -0.25) is 0 Å². The summed E-state index contributed by atoms with van der Waals surface area (Å²) in [7, 11) is 0. The molecule has 1 atom stereocenters. The summed E-state index contributed by atoms with van der Waals surface area (Å²) in [4.78, 5) is 4.76. The summed E-state index contributed by atoms with van der Waals surface area (Å²) < 4.78 is 1.72. The number of hydrogen-bond acceptors (Lipinski definition) is 4. The smallest absolute Gasteiger partial charge is 0.163 e. The van der Waals surface area contributed by atoms with Crippen molar-refractivity contribution in [3.63, 3.8) is 0 Å². The second kappa shape index (κ2) is 7.51. The van der Waals surface area contributed by atoms with E-state index in [1.807, 2.05) is 43.4 Å². The normalized spacial score (nSPS) is 15.8. The molecule has 1 aliphatic rings. The minimum Gasteiger partial charge on any atom is -0.389 e. The zero-order chi connectivity index (χ0) is 18.7. The lowest BCUT2D eigenvalue weighted by molar-refractivity contribution is 0.198. The molecule has 0 bridgehead atoms. The Labute approximate surface area is 153 Å². The van der Waals surface area contributed by atoms with E-state index in [1.54, 1.807) is 17.7 Å². The lowest BCUT2D eigenvalue weighted by Gasteiger charge is -2.15. The van der Waals surface area contributed by atoms with Gasteiger partial charge in [0, 0.05) is 11.5 Å². The van der Waals surface area contributed by atoms with Gasteiger partial charge in [-0.15, -0.1) is 0 Å². The number of rotatable bonds is 6. The first-order chi connectivity index (χ1) is 12.6. The number of aliphatic hydroxyl groups excluding tert-OH is 1. The van der Waals surface area contributed by atoms with Crippen molar-refractivity contribution < 1.29 is 5.11 Å². The van der Waals surface area contributed by atoms with Crippen LogP contribution in [0.1, 0.15) is 61.4 Å². The Morgan fingerprint density at radius 2 is 2.23 bits per heavy atom. The number of pyridine rings is 1. The summed E-state index contributed by atoms with van der Waals surface area (Å²) in [5.41, 5.74) is 3.64. The fourth-order valence-electron chi connectivity index (χ4n) is 2.86. The monoisotopic (exact) mass is 346 g/mol. The van der Waals surface area contributed by atoms with Crippen LogP contribution in [0.3, 0.4) is 0 Å². The summed E-state index contributed by atoms with van der Waals surface area (Å²) >= 11 is 0. The van der Waals surface area contributed by atoms with Gasteiger partial charge in [0.2, 0.25) is 0 Å². The quantitative estimate of drug-likeness (QED) is 0.795.